The molecule has 0 unspecified atom stereocenters. The van der Waals surface area contributed by atoms with Crippen LogP contribution in [0.5, 0.6) is 0 Å². The number of hydrogen-bond acceptors (Lipinski definition) is 4. The van der Waals surface area contributed by atoms with E-state index in [4.69, 9.17) is 4.74 Å². The van der Waals surface area contributed by atoms with Crippen LogP contribution in [0.15, 0.2) is 42.5 Å². The van der Waals surface area contributed by atoms with Gasteiger partial charge in [-0.1, -0.05) is 18.2 Å². The van der Waals surface area contributed by atoms with Gasteiger partial charge in [0.25, 0.3) is 5.69 Å². The minimum absolute atomic E-state index is 0.166. The summed E-state index contributed by atoms with van der Waals surface area (Å²) < 4.78 is 31.5. The predicted octanol–water partition coefficient (Wildman–Crippen LogP) is 3.23. The summed E-state index contributed by atoms with van der Waals surface area (Å²) in [7, 11) is 0. The zero-order chi connectivity index (χ0) is 15.4. The van der Waals surface area contributed by atoms with E-state index in [1.807, 2.05) is 0 Å². The number of nitrogens with zero attached hydrogens (tertiary/aromatic N) is 1. The van der Waals surface area contributed by atoms with Crippen LogP contribution in [0, 0.1) is 21.7 Å². The molecule has 5 nitrogen and oxygen atoms in total. The lowest BCUT2D eigenvalue weighted by Crippen LogP contribution is -2.10. The summed E-state index contributed by atoms with van der Waals surface area (Å²) in [6.45, 7) is -0.325. The Kier molecular flexibility index (Phi) is 4.22. The van der Waals surface area contributed by atoms with Crippen LogP contribution in [-0.4, -0.2) is 10.9 Å². The molecule has 0 amide bonds. The lowest BCUT2D eigenvalue weighted by molar-refractivity contribution is -0.384. The van der Waals surface area contributed by atoms with Crippen molar-refractivity contribution in [3.05, 3.63) is 75.3 Å². The third kappa shape index (κ3) is 3.38. The molecule has 2 rings (SSSR count). The van der Waals surface area contributed by atoms with Crippen LogP contribution < -0.4 is 0 Å². The number of ether oxygens (including phenoxy) is 1. The molecule has 0 atom stereocenters. The minimum Gasteiger partial charge on any atom is -0.457 e. The number of benzene rings is 2. The van der Waals surface area contributed by atoms with Gasteiger partial charge in [0.15, 0.2) is 0 Å². The van der Waals surface area contributed by atoms with Crippen LogP contribution in [0.4, 0.5) is 14.5 Å². The molecule has 0 aliphatic rings. The molecule has 0 spiro atoms. The van der Waals surface area contributed by atoms with E-state index >= 15 is 0 Å². The zero-order valence-electron chi connectivity index (χ0n) is 10.6. The highest BCUT2D eigenvalue weighted by atomic mass is 19.1. The fraction of sp³-hybridized carbons (Fsp3) is 0.0714. The van der Waals surface area contributed by atoms with Crippen molar-refractivity contribution in [3.8, 4) is 0 Å². The molecular weight excluding hydrogens is 284 g/mol. The van der Waals surface area contributed by atoms with Crippen LogP contribution in [0.3, 0.4) is 0 Å². The number of hydrogen-bond donors (Lipinski definition) is 0. The number of esters is 1. The van der Waals surface area contributed by atoms with Gasteiger partial charge in [0.05, 0.1) is 4.92 Å². The van der Waals surface area contributed by atoms with E-state index in [1.54, 1.807) is 0 Å². The maximum absolute atomic E-state index is 13.4. The zero-order valence-corrected chi connectivity index (χ0v) is 10.6. The Morgan fingerprint density at radius 3 is 2.38 bits per heavy atom. The molecule has 0 aromatic heterocycles. The molecule has 0 aliphatic heterocycles. The average Bonchev–Trinajstić information content (AvgIpc) is 2.45. The van der Waals surface area contributed by atoms with E-state index in [-0.39, 0.29) is 12.3 Å². The molecule has 21 heavy (non-hydrogen) atoms. The molecule has 0 bridgehead atoms. The summed E-state index contributed by atoms with van der Waals surface area (Å²) in [5.74, 6) is -3.23. The fourth-order valence-corrected chi connectivity index (χ4v) is 1.67. The highest BCUT2D eigenvalue weighted by Gasteiger charge is 2.18. The Morgan fingerprint density at radius 1 is 1.14 bits per heavy atom. The van der Waals surface area contributed by atoms with Crippen molar-refractivity contribution < 1.29 is 23.2 Å². The van der Waals surface area contributed by atoms with Crippen LogP contribution in [0.1, 0.15) is 15.9 Å². The maximum atomic E-state index is 13.4. The Morgan fingerprint density at radius 2 is 1.76 bits per heavy atom. The van der Waals surface area contributed by atoms with Crippen molar-refractivity contribution in [2.45, 2.75) is 6.61 Å². The Labute approximate surface area is 117 Å². The molecule has 7 heteroatoms. The SMILES string of the molecule is O=C(OCc1cccc([N+](=O)[O-])c1)c1c(F)cccc1F. The van der Waals surface area contributed by atoms with E-state index in [1.165, 1.54) is 24.3 Å². The summed E-state index contributed by atoms with van der Waals surface area (Å²) >= 11 is 0. The number of halogens is 2. The lowest BCUT2D eigenvalue weighted by atomic mass is 10.2. The molecular formula is C14H9F2NO4. The number of non-ortho nitro benzene ring substituents is 1. The van der Waals surface area contributed by atoms with Gasteiger partial charge in [-0.2, -0.15) is 0 Å². The van der Waals surface area contributed by atoms with Gasteiger partial charge < -0.3 is 4.74 Å². The second-order valence-corrected chi connectivity index (χ2v) is 4.10. The van der Waals surface area contributed by atoms with Gasteiger partial charge in [-0.3, -0.25) is 10.1 Å². The third-order valence-electron chi connectivity index (χ3n) is 2.66. The molecule has 108 valence electrons. The van der Waals surface area contributed by atoms with E-state index in [0.29, 0.717) is 5.56 Å². The number of nitro benzene ring substituents is 1. The molecule has 2 aromatic carbocycles. The standard InChI is InChI=1S/C14H9F2NO4/c15-11-5-2-6-12(16)13(11)14(18)21-8-9-3-1-4-10(7-9)17(19)20/h1-7H,8H2. The molecule has 0 saturated carbocycles. The van der Waals surface area contributed by atoms with Gasteiger partial charge >= 0.3 is 5.97 Å². The normalized spacial score (nSPS) is 10.2. The molecule has 2 aromatic rings. The van der Waals surface area contributed by atoms with Crippen molar-refractivity contribution >= 4 is 11.7 Å². The van der Waals surface area contributed by atoms with E-state index in [2.05, 4.69) is 0 Å². The molecule has 0 radical (unpaired) electrons. The van der Waals surface area contributed by atoms with Gasteiger partial charge in [0.1, 0.15) is 23.8 Å². The number of carbonyl (C=O) groups excluding carboxylic acids is 1. The first kappa shape index (κ1) is 14.6. The van der Waals surface area contributed by atoms with Gasteiger partial charge in [-0.25, -0.2) is 13.6 Å². The van der Waals surface area contributed by atoms with E-state index in [9.17, 15) is 23.7 Å². The second-order valence-electron chi connectivity index (χ2n) is 4.10. The molecule has 0 aliphatic carbocycles. The minimum atomic E-state index is -1.17. The van der Waals surface area contributed by atoms with Gasteiger partial charge in [0.2, 0.25) is 0 Å². The first-order valence-electron chi connectivity index (χ1n) is 5.83. The van der Waals surface area contributed by atoms with Crippen molar-refractivity contribution in [3.63, 3.8) is 0 Å². The van der Waals surface area contributed by atoms with E-state index in [0.717, 1.165) is 18.2 Å². The van der Waals surface area contributed by atoms with Gasteiger partial charge in [-0.15, -0.1) is 0 Å². The number of rotatable bonds is 4. The van der Waals surface area contributed by atoms with E-state index < -0.39 is 28.1 Å². The van der Waals surface area contributed by atoms with Crippen LogP contribution >= 0.6 is 0 Å². The molecule has 0 heterocycles. The Hall–Kier alpha value is -2.83. The largest absolute Gasteiger partial charge is 0.457 e. The van der Waals surface area contributed by atoms with Crippen LogP contribution in [-0.2, 0) is 11.3 Å². The summed E-state index contributed by atoms with van der Waals surface area (Å²) in [4.78, 5) is 21.6. The third-order valence-corrected chi connectivity index (χ3v) is 2.66. The highest BCUT2D eigenvalue weighted by Crippen LogP contribution is 2.16. The second kappa shape index (κ2) is 6.08. The smallest absolute Gasteiger partial charge is 0.344 e. The van der Waals surface area contributed by atoms with Crippen LogP contribution in [0.25, 0.3) is 0 Å². The van der Waals surface area contributed by atoms with Gasteiger partial charge in [0, 0.05) is 12.1 Å². The summed E-state index contributed by atoms with van der Waals surface area (Å²) in [5.41, 5.74) is -0.613. The first-order chi connectivity index (χ1) is 9.99. The highest BCUT2D eigenvalue weighted by molar-refractivity contribution is 5.90. The monoisotopic (exact) mass is 293 g/mol. The van der Waals surface area contributed by atoms with Crippen LogP contribution in [0.2, 0.25) is 0 Å². The average molecular weight is 293 g/mol. The fourth-order valence-electron chi connectivity index (χ4n) is 1.67. The molecule has 0 saturated heterocycles. The first-order valence-corrected chi connectivity index (χ1v) is 5.83. The topological polar surface area (TPSA) is 69.4 Å². The van der Waals surface area contributed by atoms with Crippen molar-refractivity contribution in [2.24, 2.45) is 0 Å². The number of carbonyl (C=O) groups is 1. The summed E-state index contributed by atoms with van der Waals surface area (Å²) in [5, 5.41) is 10.6. The summed E-state index contributed by atoms with van der Waals surface area (Å²) in [6.07, 6.45) is 0. The molecule has 0 N–H and O–H groups in total. The van der Waals surface area contributed by atoms with Gasteiger partial charge in [-0.05, 0) is 17.7 Å². The van der Waals surface area contributed by atoms with Crippen molar-refractivity contribution in [2.75, 3.05) is 0 Å². The Balaban J connectivity index is 2.11. The predicted molar refractivity (Wildman–Crippen MR) is 68.6 cm³/mol. The van der Waals surface area contributed by atoms with Crippen molar-refractivity contribution in [1.82, 2.24) is 0 Å². The molecule has 0 fully saturated rings. The maximum Gasteiger partial charge on any atom is 0.344 e. The summed E-state index contributed by atoms with van der Waals surface area (Å²) in [6, 6.07) is 8.41. The lowest BCUT2D eigenvalue weighted by Gasteiger charge is -2.06. The number of nitro groups is 1. The Bertz CT molecular complexity index is 683. The quantitative estimate of drug-likeness (QED) is 0.493. The van der Waals surface area contributed by atoms with Crippen molar-refractivity contribution in [1.29, 1.82) is 0 Å².